The first-order chi connectivity index (χ1) is 10.4. The van der Waals surface area contributed by atoms with Crippen molar-refractivity contribution in [3.8, 4) is 5.75 Å². The smallest absolute Gasteiger partial charge is 0.311 e. The largest absolute Gasteiger partial charge is 0.484 e. The Labute approximate surface area is 128 Å². The second kappa shape index (κ2) is 6.67. The summed E-state index contributed by atoms with van der Waals surface area (Å²) in [6, 6.07) is 6.63. The summed E-state index contributed by atoms with van der Waals surface area (Å²) < 4.78 is 31.1. The van der Waals surface area contributed by atoms with E-state index in [0.717, 1.165) is 12.1 Å². The third-order valence-corrected chi connectivity index (χ3v) is 3.08. The third kappa shape index (κ3) is 3.69. The lowest BCUT2D eigenvalue weighted by atomic mass is 10.1. The second-order valence-electron chi connectivity index (χ2n) is 4.37. The number of hydrogen-bond acceptors (Lipinski definition) is 4. The fourth-order valence-corrected chi connectivity index (χ4v) is 1.90. The van der Waals surface area contributed by atoms with Crippen molar-refractivity contribution in [3.63, 3.8) is 0 Å². The average Bonchev–Trinajstić information content (AvgIpc) is 2.47. The quantitative estimate of drug-likeness (QED) is 0.671. The van der Waals surface area contributed by atoms with Gasteiger partial charge >= 0.3 is 5.69 Å². The highest BCUT2D eigenvalue weighted by atomic mass is 35.5. The van der Waals surface area contributed by atoms with Crippen molar-refractivity contribution in [1.82, 2.24) is 0 Å². The molecule has 22 heavy (non-hydrogen) atoms. The van der Waals surface area contributed by atoms with Gasteiger partial charge in [0.1, 0.15) is 12.7 Å². The van der Waals surface area contributed by atoms with Crippen LogP contribution in [0.15, 0.2) is 36.4 Å². The molecular formula is C14H10ClF2NO4. The van der Waals surface area contributed by atoms with Gasteiger partial charge in [0.2, 0.25) is 0 Å². The van der Waals surface area contributed by atoms with Gasteiger partial charge in [-0.25, -0.2) is 8.78 Å². The predicted octanol–water partition coefficient (Wildman–Crippen LogP) is 3.64. The number of aliphatic hydroxyl groups excluding tert-OH is 1. The van der Waals surface area contributed by atoms with E-state index >= 15 is 0 Å². The summed E-state index contributed by atoms with van der Waals surface area (Å²) in [6.45, 7) is -0.383. The van der Waals surface area contributed by atoms with E-state index in [0.29, 0.717) is 0 Å². The molecule has 0 spiro atoms. The molecule has 0 aromatic heterocycles. The number of hydrogen-bond donors (Lipinski definition) is 1. The summed E-state index contributed by atoms with van der Waals surface area (Å²) in [5.74, 6) is -2.27. The fraction of sp³-hybridized carbons (Fsp3) is 0.143. The zero-order valence-electron chi connectivity index (χ0n) is 11.0. The molecule has 0 saturated carbocycles. The minimum Gasteiger partial charge on any atom is -0.484 e. The van der Waals surface area contributed by atoms with Crippen LogP contribution in [-0.4, -0.2) is 16.6 Å². The molecule has 2 rings (SSSR count). The van der Waals surface area contributed by atoms with E-state index in [1.54, 1.807) is 0 Å². The van der Waals surface area contributed by atoms with Gasteiger partial charge in [-0.2, -0.15) is 0 Å². The Morgan fingerprint density at radius 2 is 1.95 bits per heavy atom. The molecule has 0 heterocycles. The Hall–Kier alpha value is -2.25. The minimum atomic E-state index is -1.28. The minimum absolute atomic E-state index is 0.0866. The normalized spacial score (nSPS) is 12.0. The van der Waals surface area contributed by atoms with Crippen molar-refractivity contribution in [3.05, 3.63) is 68.7 Å². The van der Waals surface area contributed by atoms with Crippen molar-refractivity contribution in [2.24, 2.45) is 0 Å². The molecule has 0 bridgehead atoms. The number of nitro benzene ring substituents is 1. The van der Waals surface area contributed by atoms with Gasteiger partial charge < -0.3 is 9.84 Å². The molecule has 0 fully saturated rings. The van der Waals surface area contributed by atoms with Gasteiger partial charge in [-0.05, 0) is 23.8 Å². The molecule has 2 aromatic rings. The molecule has 0 saturated heterocycles. The molecule has 5 nitrogen and oxygen atoms in total. The molecule has 116 valence electrons. The van der Waals surface area contributed by atoms with E-state index in [9.17, 15) is 24.0 Å². The number of rotatable bonds is 5. The summed E-state index contributed by atoms with van der Waals surface area (Å²) in [7, 11) is 0. The predicted molar refractivity (Wildman–Crippen MR) is 74.9 cm³/mol. The van der Waals surface area contributed by atoms with Crippen LogP contribution >= 0.6 is 11.6 Å². The Morgan fingerprint density at radius 3 is 2.59 bits per heavy atom. The summed E-state index contributed by atoms with van der Waals surface area (Å²) in [6.07, 6.45) is -1.28. The van der Waals surface area contributed by atoms with Crippen LogP contribution in [0.25, 0.3) is 0 Å². The molecule has 2 aromatic carbocycles. The van der Waals surface area contributed by atoms with Crippen molar-refractivity contribution in [2.75, 3.05) is 6.61 Å². The monoisotopic (exact) mass is 329 g/mol. The number of nitro groups is 1. The zero-order chi connectivity index (χ0) is 16.3. The van der Waals surface area contributed by atoms with Crippen LogP contribution in [0.1, 0.15) is 11.7 Å². The van der Waals surface area contributed by atoms with E-state index in [2.05, 4.69) is 0 Å². The van der Waals surface area contributed by atoms with Gasteiger partial charge in [-0.1, -0.05) is 17.7 Å². The number of ether oxygens (including phenoxy) is 1. The number of halogens is 3. The zero-order valence-corrected chi connectivity index (χ0v) is 11.8. The Balaban J connectivity index is 2.14. The van der Waals surface area contributed by atoms with Gasteiger partial charge in [0.25, 0.3) is 0 Å². The van der Waals surface area contributed by atoms with E-state index in [4.69, 9.17) is 16.3 Å². The lowest BCUT2D eigenvalue weighted by Gasteiger charge is -2.13. The van der Waals surface area contributed by atoms with Gasteiger partial charge in [-0.15, -0.1) is 0 Å². The lowest BCUT2D eigenvalue weighted by Crippen LogP contribution is -2.11. The summed E-state index contributed by atoms with van der Waals surface area (Å²) >= 11 is 5.74. The van der Waals surface area contributed by atoms with Crippen LogP contribution in [0.4, 0.5) is 14.5 Å². The van der Waals surface area contributed by atoms with Crippen LogP contribution in [0.2, 0.25) is 5.02 Å². The van der Waals surface area contributed by atoms with Crippen molar-refractivity contribution in [2.45, 2.75) is 6.10 Å². The maximum absolute atomic E-state index is 13.1. The highest BCUT2D eigenvalue weighted by Gasteiger charge is 2.18. The average molecular weight is 330 g/mol. The SMILES string of the molecule is O=[N+]([O-])c1ccc(Cl)cc1OCC(O)c1ccc(F)c(F)c1. The Morgan fingerprint density at radius 1 is 1.23 bits per heavy atom. The molecule has 0 amide bonds. The fourth-order valence-electron chi connectivity index (χ4n) is 1.74. The van der Waals surface area contributed by atoms with Crippen molar-refractivity contribution < 1.29 is 23.5 Å². The topological polar surface area (TPSA) is 72.6 Å². The molecule has 1 unspecified atom stereocenters. The van der Waals surface area contributed by atoms with Crippen molar-refractivity contribution in [1.29, 1.82) is 0 Å². The first kappa shape index (κ1) is 16.1. The van der Waals surface area contributed by atoms with Crippen molar-refractivity contribution >= 4 is 17.3 Å². The summed E-state index contributed by atoms with van der Waals surface area (Å²) in [5, 5.41) is 21.0. The molecule has 1 N–H and O–H groups in total. The summed E-state index contributed by atoms with van der Waals surface area (Å²) in [4.78, 5) is 10.2. The number of benzene rings is 2. The first-order valence-electron chi connectivity index (χ1n) is 6.08. The van der Waals surface area contributed by atoms with Crippen LogP contribution in [0.5, 0.6) is 5.75 Å². The molecule has 8 heteroatoms. The number of nitrogens with zero attached hydrogens (tertiary/aromatic N) is 1. The Bertz CT molecular complexity index is 711. The Kier molecular flexibility index (Phi) is 4.89. The van der Waals surface area contributed by atoms with E-state index < -0.39 is 22.7 Å². The molecule has 0 aliphatic rings. The molecule has 1 atom stereocenters. The van der Waals surface area contributed by atoms with Gasteiger partial charge in [0.05, 0.1) is 4.92 Å². The van der Waals surface area contributed by atoms with Crippen LogP contribution in [0, 0.1) is 21.7 Å². The van der Waals surface area contributed by atoms with E-state index in [-0.39, 0.29) is 28.6 Å². The first-order valence-corrected chi connectivity index (χ1v) is 6.46. The standard InChI is InChI=1S/C14H10ClF2NO4/c15-9-2-4-12(18(20)21)14(6-9)22-7-13(19)8-1-3-10(16)11(17)5-8/h1-6,13,19H,7H2. The maximum Gasteiger partial charge on any atom is 0.311 e. The highest BCUT2D eigenvalue weighted by Crippen LogP contribution is 2.30. The van der Waals surface area contributed by atoms with E-state index in [1.807, 2.05) is 0 Å². The molecular weight excluding hydrogens is 320 g/mol. The lowest BCUT2D eigenvalue weighted by molar-refractivity contribution is -0.385. The second-order valence-corrected chi connectivity index (χ2v) is 4.81. The van der Waals surface area contributed by atoms with Gasteiger partial charge in [0.15, 0.2) is 17.4 Å². The van der Waals surface area contributed by atoms with Gasteiger partial charge in [-0.3, -0.25) is 10.1 Å². The van der Waals surface area contributed by atoms with Crippen LogP contribution < -0.4 is 4.74 Å². The maximum atomic E-state index is 13.1. The molecule has 0 radical (unpaired) electrons. The third-order valence-electron chi connectivity index (χ3n) is 2.84. The number of aliphatic hydroxyl groups is 1. The molecule has 0 aliphatic carbocycles. The van der Waals surface area contributed by atoms with Crippen LogP contribution in [0.3, 0.4) is 0 Å². The van der Waals surface area contributed by atoms with Crippen LogP contribution in [-0.2, 0) is 0 Å². The highest BCUT2D eigenvalue weighted by molar-refractivity contribution is 6.30. The van der Waals surface area contributed by atoms with Gasteiger partial charge in [0, 0.05) is 17.2 Å². The summed E-state index contributed by atoms with van der Waals surface area (Å²) in [5.41, 5.74) is -0.231. The molecule has 0 aliphatic heterocycles. The van der Waals surface area contributed by atoms with E-state index in [1.165, 1.54) is 24.3 Å².